The third-order valence-electron chi connectivity index (χ3n) is 4.62. The van der Waals surface area contributed by atoms with E-state index in [2.05, 4.69) is 9.62 Å². The van der Waals surface area contributed by atoms with Crippen LogP contribution in [0, 0.1) is 0 Å². The summed E-state index contributed by atoms with van der Waals surface area (Å²) in [6, 6.07) is 7.19. The average molecular weight is 367 g/mol. The van der Waals surface area contributed by atoms with E-state index in [1.807, 2.05) is 12.1 Å². The lowest BCUT2D eigenvalue weighted by atomic mass is 10.1. The molecule has 1 aromatic rings. The first-order valence-corrected chi connectivity index (χ1v) is 10.8. The Balaban J connectivity index is 1.89. The average Bonchev–Trinajstić information content (AvgIpc) is 2.54. The Morgan fingerprint density at radius 2 is 1.60 bits per heavy atom. The quantitative estimate of drug-likeness (QED) is 0.715. The van der Waals surface area contributed by atoms with Crippen molar-refractivity contribution in [2.45, 2.75) is 63.2 Å². The predicted octanol–water partition coefficient (Wildman–Crippen LogP) is 3.49. The van der Waals surface area contributed by atoms with Crippen molar-refractivity contribution < 1.29 is 13.2 Å². The van der Waals surface area contributed by atoms with E-state index in [0.29, 0.717) is 30.7 Å². The van der Waals surface area contributed by atoms with E-state index in [4.69, 9.17) is 0 Å². The number of nitrogens with zero attached hydrogens (tertiary/aromatic N) is 1. The van der Waals surface area contributed by atoms with Crippen LogP contribution in [0.1, 0.15) is 58.3 Å². The molecule has 0 saturated carbocycles. The number of Topliss-reactive ketones (excluding diaryl/α,β-unsaturated/α-hetero) is 1. The molecular weight excluding hydrogens is 336 g/mol. The summed E-state index contributed by atoms with van der Waals surface area (Å²) in [5, 5.41) is 0. The highest BCUT2D eigenvalue weighted by molar-refractivity contribution is 7.89. The molecule has 0 bridgehead atoms. The van der Waals surface area contributed by atoms with Gasteiger partial charge >= 0.3 is 0 Å². The molecule has 6 heteroatoms. The van der Waals surface area contributed by atoms with Crippen LogP contribution in [0.15, 0.2) is 29.2 Å². The maximum atomic E-state index is 12.3. The standard InChI is InChI=1S/C19H30N2O3S/c1-17(22)9-5-6-14-20-25(23,24)19-12-10-18(11-13-19)21-15-7-3-2-4-8-16-21/h10-13,20H,2-9,14-16H2,1H3. The molecule has 1 N–H and O–H groups in total. The lowest BCUT2D eigenvalue weighted by Crippen LogP contribution is -2.27. The SMILES string of the molecule is CC(=O)CCCCNS(=O)(=O)c1ccc(N2CCCCCCC2)cc1. The molecule has 5 nitrogen and oxygen atoms in total. The Kier molecular flexibility index (Phi) is 7.90. The monoisotopic (exact) mass is 366 g/mol. The summed E-state index contributed by atoms with van der Waals surface area (Å²) < 4.78 is 27.3. The highest BCUT2D eigenvalue weighted by atomic mass is 32.2. The summed E-state index contributed by atoms with van der Waals surface area (Å²) in [6.45, 7) is 4.00. The molecule has 1 aliphatic rings. The van der Waals surface area contributed by atoms with Crippen LogP contribution in [-0.2, 0) is 14.8 Å². The van der Waals surface area contributed by atoms with Gasteiger partial charge in [0.25, 0.3) is 0 Å². The van der Waals surface area contributed by atoms with Crippen LogP contribution in [0.3, 0.4) is 0 Å². The molecule has 140 valence electrons. The zero-order valence-electron chi connectivity index (χ0n) is 15.2. The normalized spacial score (nSPS) is 16.3. The summed E-state index contributed by atoms with van der Waals surface area (Å²) in [4.78, 5) is 13.5. The van der Waals surface area contributed by atoms with Crippen molar-refractivity contribution in [3.05, 3.63) is 24.3 Å². The Labute approximate surface area is 151 Å². The zero-order valence-corrected chi connectivity index (χ0v) is 16.0. The second kappa shape index (κ2) is 9.92. The maximum Gasteiger partial charge on any atom is 0.240 e. The summed E-state index contributed by atoms with van der Waals surface area (Å²) >= 11 is 0. The summed E-state index contributed by atoms with van der Waals surface area (Å²) in [7, 11) is -3.47. The molecule has 1 aromatic carbocycles. The number of anilines is 1. The van der Waals surface area contributed by atoms with Gasteiger partial charge in [0.1, 0.15) is 5.78 Å². The Bertz CT molecular complexity index is 633. The second-order valence-electron chi connectivity index (χ2n) is 6.81. The van der Waals surface area contributed by atoms with Gasteiger partial charge in [0.15, 0.2) is 0 Å². The molecule has 0 spiro atoms. The van der Waals surface area contributed by atoms with E-state index in [9.17, 15) is 13.2 Å². The van der Waals surface area contributed by atoms with Crippen LogP contribution in [0.2, 0.25) is 0 Å². The van der Waals surface area contributed by atoms with Gasteiger partial charge in [-0.05, 0) is 56.9 Å². The summed E-state index contributed by atoms with van der Waals surface area (Å²) in [5.41, 5.74) is 1.10. The number of hydrogen-bond acceptors (Lipinski definition) is 4. The maximum absolute atomic E-state index is 12.3. The van der Waals surface area contributed by atoms with E-state index in [0.717, 1.165) is 18.8 Å². The van der Waals surface area contributed by atoms with Crippen LogP contribution < -0.4 is 9.62 Å². The molecule has 0 aromatic heterocycles. The summed E-state index contributed by atoms with van der Waals surface area (Å²) in [5.74, 6) is 0.141. The third kappa shape index (κ3) is 6.78. The fourth-order valence-corrected chi connectivity index (χ4v) is 4.20. The number of rotatable bonds is 8. The van der Waals surface area contributed by atoms with Gasteiger partial charge in [0.05, 0.1) is 4.90 Å². The van der Waals surface area contributed by atoms with Gasteiger partial charge in [-0.3, -0.25) is 0 Å². The molecule has 2 rings (SSSR count). The molecule has 1 fully saturated rings. The van der Waals surface area contributed by atoms with E-state index < -0.39 is 10.0 Å². The van der Waals surface area contributed by atoms with Crippen LogP contribution >= 0.6 is 0 Å². The predicted molar refractivity (Wildman–Crippen MR) is 101 cm³/mol. The molecule has 0 radical (unpaired) electrons. The van der Waals surface area contributed by atoms with Gasteiger partial charge in [0, 0.05) is 31.7 Å². The van der Waals surface area contributed by atoms with Crippen LogP contribution in [-0.4, -0.2) is 33.8 Å². The van der Waals surface area contributed by atoms with Crippen LogP contribution in [0.25, 0.3) is 0 Å². The first-order chi connectivity index (χ1) is 12.0. The van der Waals surface area contributed by atoms with Gasteiger partial charge < -0.3 is 9.69 Å². The lowest BCUT2D eigenvalue weighted by molar-refractivity contribution is -0.117. The van der Waals surface area contributed by atoms with E-state index in [1.54, 1.807) is 19.1 Å². The highest BCUT2D eigenvalue weighted by Gasteiger charge is 2.15. The number of hydrogen-bond donors (Lipinski definition) is 1. The Morgan fingerprint density at radius 3 is 2.20 bits per heavy atom. The number of benzene rings is 1. The third-order valence-corrected chi connectivity index (χ3v) is 6.09. The molecule has 0 atom stereocenters. The van der Waals surface area contributed by atoms with Crippen molar-refractivity contribution in [2.75, 3.05) is 24.5 Å². The van der Waals surface area contributed by atoms with Gasteiger partial charge in [-0.25, -0.2) is 13.1 Å². The molecule has 1 aliphatic heterocycles. The molecular formula is C19H30N2O3S. The minimum atomic E-state index is -3.47. The minimum Gasteiger partial charge on any atom is -0.372 e. The van der Waals surface area contributed by atoms with Crippen molar-refractivity contribution in [2.24, 2.45) is 0 Å². The van der Waals surface area contributed by atoms with E-state index in [-0.39, 0.29) is 5.78 Å². The Hall–Kier alpha value is -1.40. The molecule has 0 aliphatic carbocycles. The highest BCUT2D eigenvalue weighted by Crippen LogP contribution is 2.21. The van der Waals surface area contributed by atoms with Crippen molar-refractivity contribution >= 4 is 21.5 Å². The number of nitrogens with one attached hydrogen (secondary N) is 1. The number of ketones is 1. The molecule has 1 heterocycles. The molecule has 25 heavy (non-hydrogen) atoms. The van der Waals surface area contributed by atoms with Crippen LogP contribution in [0.4, 0.5) is 5.69 Å². The van der Waals surface area contributed by atoms with Gasteiger partial charge in [0.2, 0.25) is 10.0 Å². The smallest absolute Gasteiger partial charge is 0.240 e. The number of unbranched alkanes of at least 4 members (excludes halogenated alkanes) is 1. The van der Waals surface area contributed by atoms with Crippen molar-refractivity contribution in [1.82, 2.24) is 4.72 Å². The first kappa shape index (κ1) is 19.9. The van der Waals surface area contributed by atoms with E-state index in [1.165, 1.54) is 32.1 Å². The molecule has 1 saturated heterocycles. The fourth-order valence-electron chi connectivity index (χ4n) is 3.13. The Morgan fingerprint density at radius 1 is 1.00 bits per heavy atom. The number of carbonyl (C=O) groups excluding carboxylic acids is 1. The molecule has 0 unspecified atom stereocenters. The lowest BCUT2D eigenvalue weighted by Gasteiger charge is -2.27. The van der Waals surface area contributed by atoms with Gasteiger partial charge in [-0.15, -0.1) is 0 Å². The summed E-state index contributed by atoms with van der Waals surface area (Å²) in [6.07, 6.45) is 8.16. The second-order valence-corrected chi connectivity index (χ2v) is 8.57. The largest absolute Gasteiger partial charge is 0.372 e. The van der Waals surface area contributed by atoms with Crippen LogP contribution in [0.5, 0.6) is 0 Å². The van der Waals surface area contributed by atoms with Gasteiger partial charge in [-0.2, -0.15) is 0 Å². The minimum absolute atomic E-state index is 0.141. The number of sulfonamides is 1. The first-order valence-electron chi connectivity index (χ1n) is 9.33. The number of carbonyl (C=O) groups is 1. The van der Waals surface area contributed by atoms with E-state index >= 15 is 0 Å². The topological polar surface area (TPSA) is 66.5 Å². The van der Waals surface area contributed by atoms with Crippen molar-refractivity contribution in [3.63, 3.8) is 0 Å². The fraction of sp³-hybridized carbons (Fsp3) is 0.632. The van der Waals surface area contributed by atoms with Crippen molar-refractivity contribution in [1.29, 1.82) is 0 Å². The zero-order chi connectivity index (χ0) is 18.1. The van der Waals surface area contributed by atoms with Gasteiger partial charge in [-0.1, -0.05) is 19.3 Å². The molecule has 0 amide bonds. The van der Waals surface area contributed by atoms with Crippen molar-refractivity contribution in [3.8, 4) is 0 Å².